The molecular weight excluding hydrogens is 282 g/mol. The standard InChI is InChI=1S/C13H17NOS3/c1-16-6-5-12(15)14-11-4-2-3-10(9-11)13-17-7-8-18-13/h2-4,9,13H,5-8H2,1H3,(H,14,15). The normalized spacial score (nSPS) is 15.8. The molecule has 1 fully saturated rings. The van der Waals surface area contributed by atoms with Crippen LogP contribution in [-0.2, 0) is 4.79 Å². The molecule has 2 nitrogen and oxygen atoms in total. The molecule has 0 radical (unpaired) electrons. The number of hydrogen-bond acceptors (Lipinski definition) is 4. The van der Waals surface area contributed by atoms with Gasteiger partial charge in [0.05, 0.1) is 4.58 Å². The molecule has 0 bridgehead atoms. The highest BCUT2D eigenvalue weighted by Gasteiger charge is 2.18. The first-order valence-electron chi connectivity index (χ1n) is 5.91. The van der Waals surface area contributed by atoms with Crippen molar-refractivity contribution in [3.05, 3.63) is 29.8 Å². The summed E-state index contributed by atoms with van der Waals surface area (Å²) in [7, 11) is 0. The molecule has 1 aromatic rings. The van der Waals surface area contributed by atoms with Crippen LogP contribution in [0.3, 0.4) is 0 Å². The lowest BCUT2D eigenvalue weighted by Gasteiger charge is -2.11. The number of rotatable bonds is 5. The summed E-state index contributed by atoms with van der Waals surface area (Å²) in [6.45, 7) is 0. The average molecular weight is 299 g/mol. The van der Waals surface area contributed by atoms with Gasteiger partial charge in [0.1, 0.15) is 0 Å². The van der Waals surface area contributed by atoms with Crippen molar-refractivity contribution in [3.8, 4) is 0 Å². The molecule has 0 aromatic heterocycles. The van der Waals surface area contributed by atoms with E-state index < -0.39 is 0 Å². The second kappa shape index (κ2) is 7.36. The first kappa shape index (κ1) is 14.2. The lowest BCUT2D eigenvalue weighted by Crippen LogP contribution is -2.12. The molecule has 0 saturated carbocycles. The molecule has 0 spiro atoms. The summed E-state index contributed by atoms with van der Waals surface area (Å²) in [5, 5.41) is 2.97. The SMILES string of the molecule is CSCCC(=O)Nc1cccc(C2SCCS2)c1. The summed E-state index contributed by atoms with van der Waals surface area (Å²) in [4.78, 5) is 11.7. The third-order valence-electron chi connectivity index (χ3n) is 2.60. The van der Waals surface area contributed by atoms with Crippen molar-refractivity contribution in [2.45, 2.75) is 11.0 Å². The van der Waals surface area contributed by atoms with Crippen LogP contribution < -0.4 is 5.32 Å². The maximum atomic E-state index is 11.7. The van der Waals surface area contributed by atoms with Gasteiger partial charge in [-0.1, -0.05) is 12.1 Å². The summed E-state index contributed by atoms with van der Waals surface area (Å²) in [6.07, 6.45) is 2.60. The Morgan fingerprint density at radius 3 is 2.94 bits per heavy atom. The monoisotopic (exact) mass is 299 g/mol. The van der Waals surface area contributed by atoms with Gasteiger partial charge >= 0.3 is 0 Å². The van der Waals surface area contributed by atoms with Crippen LogP contribution >= 0.6 is 35.3 Å². The van der Waals surface area contributed by atoms with Gasteiger partial charge < -0.3 is 5.32 Å². The Hall–Kier alpha value is -0.260. The van der Waals surface area contributed by atoms with E-state index in [0.29, 0.717) is 11.0 Å². The van der Waals surface area contributed by atoms with E-state index in [-0.39, 0.29) is 5.91 Å². The van der Waals surface area contributed by atoms with E-state index in [0.717, 1.165) is 11.4 Å². The fourth-order valence-corrected chi connectivity index (χ4v) is 4.96. The Morgan fingerprint density at radius 2 is 2.22 bits per heavy atom. The topological polar surface area (TPSA) is 29.1 Å². The quantitative estimate of drug-likeness (QED) is 0.894. The van der Waals surface area contributed by atoms with Gasteiger partial charge in [0.15, 0.2) is 0 Å². The van der Waals surface area contributed by atoms with Gasteiger partial charge in [-0.3, -0.25) is 4.79 Å². The van der Waals surface area contributed by atoms with Crippen molar-refractivity contribution >= 4 is 46.9 Å². The van der Waals surface area contributed by atoms with Crippen LogP contribution in [0.5, 0.6) is 0 Å². The minimum absolute atomic E-state index is 0.105. The molecule has 18 heavy (non-hydrogen) atoms. The summed E-state index contributed by atoms with van der Waals surface area (Å²) in [6, 6.07) is 8.24. The van der Waals surface area contributed by atoms with E-state index >= 15 is 0 Å². The van der Waals surface area contributed by atoms with Crippen LogP contribution in [0, 0.1) is 0 Å². The zero-order valence-electron chi connectivity index (χ0n) is 10.3. The van der Waals surface area contributed by atoms with Crippen molar-refractivity contribution in [1.82, 2.24) is 0 Å². The minimum atomic E-state index is 0.105. The Morgan fingerprint density at radius 1 is 1.44 bits per heavy atom. The minimum Gasteiger partial charge on any atom is -0.326 e. The molecule has 1 amide bonds. The maximum Gasteiger partial charge on any atom is 0.225 e. The highest BCUT2D eigenvalue weighted by molar-refractivity contribution is 8.19. The van der Waals surface area contributed by atoms with Gasteiger partial charge in [-0.15, -0.1) is 23.5 Å². The zero-order chi connectivity index (χ0) is 12.8. The number of anilines is 1. The number of hydrogen-bond donors (Lipinski definition) is 1. The number of benzene rings is 1. The van der Waals surface area contributed by atoms with E-state index in [2.05, 4.69) is 17.4 Å². The van der Waals surface area contributed by atoms with Gasteiger partial charge in [-0.05, 0) is 24.0 Å². The molecule has 0 unspecified atom stereocenters. The summed E-state index contributed by atoms with van der Waals surface area (Å²) < 4.78 is 0.535. The lowest BCUT2D eigenvalue weighted by atomic mass is 10.2. The molecule has 0 aliphatic carbocycles. The van der Waals surface area contributed by atoms with Crippen LogP contribution in [-0.4, -0.2) is 29.4 Å². The van der Waals surface area contributed by atoms with Crippen LogP contribution in [0.4, 0.5) is 5.69 Å². The highest BCUT2D eigenvalue weighted by Crippen LogP contribution is 2.45. The highest BCUT2D eigenvalue weighted by atomic mass is 32.2. The van der Waals surface area contributed by atoms with Gasteiger partial charge in [-0.25, -0.2) is 0 Å². The van der Waals surface area contributed by atoms with Crippen LogP contribution in [0.25, 0.3) is 0 Å². The first-order chi connectivity index (χ1) is 8.79. The van der Waals surface area contributed by atoms with Gasteiger partial charge in [0, 0.05) is 29.4 Å². The fraction of sp³-hybridized carbons (Fsp3) is 0.462. The zero-order valence-corrected chi connectivity index (χ0v) is 12.8. The molecule has 1 aliphatic rings. The van der Waals surface area contributed by atoms with Crippen molar-refractivity contribution in [2.75, 3.05) is 28.8 Å². The maximum absolute atomic E-state index is 11.7. The van der Waals surface area contributed by atoms with E-state index in [1.165, 1.54) is 17.1 Å². The first-order valence-corrected chi connectivity index (χ1v) is 9.40. The largest absolute Gasteiger partial charge is 0.326 e. The Labute approximate surface area is 121 Å². The number of nitrogens with one attached hydrogen (secondary N) is 1. The Bertz CT molecular complexity index is 405. The third-order valence-corrected chi connectivity index (χ3v) is 6.31. The lowest BCUT2D eigenvalue weighted by molar-refractivity contribution is -0.115. The van der Waals surface area contributed by atoms with E-state index in [9.17, 15) is 4.79 Å². The molecule has 98 valence electrons. The number of thioether (sulfide) groups is 3. The molecule has 1 aliphatic heterocycles. The Balaban J connectivity index is 1.96. The molecule has 5 heteroatoms. The molecule has 1 saturated heterocycles. The van der Waals surface area contributed by atoms with Gasteiger partial charge in [0.25, 0.3) is 0 Å². The predicted molar refractivity (Wildman–Crippen MR) is 85.7 cm³/mol. The molecular formula is C13H17NOS3. The van der Waals surface area contributed by atoms with Crippen molar-refractivity contribution in [1.29, 1.82) is 0 Å². The fourth-order valence-electron chi connectivity index (χ4n) is 1.73. The molecule has 1 heterocycles. The van der Waals surface area contributed by atoms with Crippen LogP contribution in [0.1, 0.15) is 16.6 Å². The predicted octanol–water partition coefficient (Wildman–Crippen LogP) is 3.86. The average Bonchev–Trinajstić information content (AvgIpc) is 2.90. The smallest absolute Gasteiger partial charge is 0.225 e. The van der Waals surface area contributed by atoms with E-state index in [1.54, 1.807) is 11.8 Å². The van der Waals surface area contributed by atoms with Gasteiger partial charge in [-0.2, -0.15) is 11.8 Å². The van der Waals surface area contributed by atoms with Crippen LogP contribution in [0.2, 0.25) is 0 Å². The summed E-state index contributed by atoms with van der Waals surface area (Å²) in [5.74, 6) is 3.42. The van der Waals surface area contributed by atoms with E-state index in [4.69, 9.17) is 0 Å². The number of carbonyl (C=O) groups excluding carboxylic acids is 1. The second-order valence-electron chi connectivity index (χ2n) is 3.99. The van der Waals surface area contributed by atoms with Crippen molar-refractivity contribution in [3.63, 3.8) is 0 Å². The van der Waals surface area contributed by atoms with Crippen molar-refractivity contribution < 1.29 is 4.79 Å². The third kappa shape index (κ3) is 4.14. The van der Waals surface area contributed by atoms with Gasteiger partial charge in [0.2, 0.25) is 5.91 Å². The molecule has 0 atom stereocenters. The van der Waals surface area contributed by atoms with Crippen molar-refractivity contribution in [2.24, 2.45) is 0 Å². The number of amides is 1. The van der Waals surface area contributed by atoms with E-state index in [1.807, 2.05) is 41.9 Å². The molecule has 1 N–H and O–H groups in total. The van der Waals surface area contributed by atoms with Crippen LogP contribution in [0.15, 0.2) is 24.3 Å². The Kier molecular flexibility index (Phi) is 5.79. The summed E-state index contributed by atoms with van der Waals surface area (Å²) in [5.41, 5.74) is 2.23. The molecule has 1 aromatic carbocycles. The summed E-state index contributed by atoms with van der Waals surface area (Å²) >= 11 is 5.66. The number of carbonyl (C=O) groups is 1. The molecule has 2 rings (SSSR count). The second-order valence-corrected chi connectivity index (χ2v) is 7.70.